The third-order valence-corrected chi connectivity index (χ3v) is 3.29. The second-order valence-electron chi connectivity index (χ2n) is 5.13. The quantitative estimate of drug-likeness (QED) is 0.821. The summed E-state index contributed by atoms with van der Waals surface area (Å²) in [6.07, 6.45) is 0.0904. The van der Waals surface area contributed by atoms with Crippen molar-refractivity contribution in [3.63, 3.8) is 0 Å². The van der Waals surface area contributed by atoms with Crippen molar-refractivity contribution in [2.24, 2.45) is 5.73 Å². The maximum absolute atomic E-state index is 12.1. The van der Waals surface area contributed by atoms with E-state index in [9.17, 15) is 14.4 Å². The average Bonchev–Trinajstić information content (AvgIpc) is 3.22. The minimum atomic E-state index is -0.990. The van der Waals surface area contributed by atoms with Gasteiger partial charge < -0.3 is 15.8 Å². The number of hydrogen-bond acceptors (Lipinski definition) is 4. The summed E-state index contributed by atoms with van der Waals surface area (Å²) >= 11 is 0. The zero-order valence-corrected chi connectivity index (χ0v) is 11.8. The van der Waals surface area contributed by atoms with Gasteiger partial charge in [-0.2, -0.15) is 0 Å². The predicted octanol–water partition coefficient (Wildman–Crippen LogP) is 1.17. The largest absolute Gasteiger partial charge is 0.439 e. The Hall–Kier alpha value is -2.37. The van der Waals surface area contributed by atoms with Gasteiger partial charge in [-0.1, -0.05) is 18.2 Å². The summed E-state index contributed by atoms with van der Waals surface area (Å²) in [5.74, 6) is -0.482. The first-order valence-electron chi connectivity index (χ1n) is 6.85. The Kier molecular flexibility index (Phi) is 4.57. The number of carbonyl (C=O) groups excluding carboxylic acids is 3. The molecule has 0 saturated heterocycles. The van der Waals surface area contributed by atoms with Gasteiger partial charge in [-0.3, -0.25) is 9.59 Å². The number of carbonyl (C=O) groups is 3. The Labute approximate surface area is 122 Å². The number of benzene rings is 1. The molecule has 1 aromatic rings. The van der Waals surface area contributed by atoms with E-state index >= 15 is 0 Å². The first kappa shape index (κ1) is 15.0. The molecule has 1 saturated carbocycles. The highest BCUT2D eigenvalue weighted by molar-refractivity contribution is 5.98. The molecule has 1 unspecified atom stereocenters. The van der Waals surface area contributed by atoms with E-state index in [1.165, 1.54) is 6.92 Å². The summed E-state index contributed by atoms with van der Waals surface area (Å²) in [6.45, 7) is 1.46. The van der Waals surface area contributed by atoms with E-state index in [2.05, 4.69) is 10.1 Å². The second kappa shape index (κ2) is 6.39. The number of rotatable bonds is 6. The van der Waals surface area contributed by atoms with E-state index in [0.29, 0.717) is 11.1 Å². The van der Waals surface area contributed by atoms with Crippen LogP contribution in [-0.4, -0.2) is 29.9 Å². The highest BCUT2D eigenvalue weighted by atomic mass is 16.6. The molecule has 1 aliphatic carbocycles. The average molecular weight is 290 g/mol. The van der Waals surface area contributed by atoms with Crippen molar-refractivity contribution in [2.45, 2.75) is 38.3 Å². The molecule has 112 valence electrons. The molecule has 0 aromatic heterocycles. The Morgan fingerprint density at radius 2 is 2.00 bits per heavy atom. The van der Waals surface area contributed by atoms with Gasteiger partial charge in [0.25, 0.3) is 5.91 Å². The van der Waals surface area contributed by atoms with Crippen LogP contribution < -0.4 is 11.1 Å². The van der Waals surface area contributed by atoms with E-state index in [4.69, 9.17) is 5.73 Å². The summed E-state index contributed by atoms with van der Waals surface area (Å²) in [4.78, 5) is 34.8. The molecule has 1 aromatic carbocycles. The molecule has 3 N–H and O–H groups in total. The van der Waals surface area contributed by atoms with Crippen molar-refractivity contribution in [3.8, 4) is 0 Å². The van der Waals surface area contributed by atoms with Gasteiger partial charge in [0.2, 0.25) is 0 Å². The minimum absolute atomic E-state index is 0.0166. The first-order chi connectivity index (χ1) is 9.97. The van der Waals surface area contributed by atoms with Gasteiger partial charge in [-0.25, -0.2) is 4.79 Å². The van der Waals surface area contributed by atoms with Gasteiger partial charge in [0, 0.05) is 18.0 Å². The van der Waals surface area contributed by atoms with Gasteiger partial charge >= 0.3 is 6.09 Å². The number of hydrogen-bond donors (Lipinski definition) is 2. The van der Waals surface area contributed by atoms with Crippen LogP contribution in [0.4, 0.5) is 4.79 Å². The summed E-state index contributed by atoms with van der Waals surface area (Å²) < 4.78 is 4.65. The van der Waals surface area contributed by atoms with Crippen molar-refractivity contribution in [3.05, 3.63) is 35.4 Å². The van der Waals surface area contributed by atoms with Crippen LogP contribution >= 0.6 is 0 Å². The molecule has 0 spiro atoms. The molecule has 1 atom stereocenters. The number of ether oxygens (including phenoxy) is 1. The Morgan fingerprint density at radius 3 is 2.62 bits per heavy atom. The summed E-state index contributed by atoms with van der Waals surface area (Å²) in [5, 5.41) is 2.89. The second-order valence-corrected chi connectivity index (χ2v) is 5.13. The zero-order valence-electron chi connectivity index (χ0n) is 11.8. The lowest BCUT2D eigenvalue weighted by Gasteiger charge is -2.12. The van der Waals surface area contributed by atoms with Crippen molar-refractivity contribution < 1.29 is 19.1 Å². The van der Waals surface area contributed by atoms with Gasteiger partial charge in [0.05, 0.1) is 0 Å². The van der Waals surface area contributed by atoms with Gasteiger partial charge in [-0.05, 0) is 31.4 Å². The van der Waals surface area contributed by atoms with E-state index in [1.54, 1.807) is 24.3 Å². The monoisotopic (exact) mass is 290 g/mol. The number of primary amides is 1. The summed E-state index contributed by atoms with van der Waals surface area (Å²) in [7, 11) is 0. The molecule has 0 aliphatic heterocycles. The molecule has 1 fully saturated rings. The van der Waals surface area contributed by atoms with Crippen molar-refractivity contribution in [2.75, 3.05) is 0 Å². The zero-order chi connectivity index (χ0) is 15.4. The lowest BCUT2D eigenvalue weighted by Crippen LogP contribution is -2.30. The molecule has 1 aliphatic rings. The smallest absolute Gasteiger partial charge is 0.405 e. The number of Topliss-reactive ketones (excluding diaryl/α,β-unsaturated/α-hetero) is 1. The predicted molar refractivity (Wildman–Crippen MR) is 75.8 cm³/mol. The molecule has 0 bridgehead atoms. The topological polar surface area (TPSA) is 98.5 Å². The lowest BCUT2D eigenvalue weighted by atomic mass is 10.00. The van der Waals surface area contributed by atoms with Crippen LogP contribution in [0.15, 0.2) is 24.3 Å². The summed E-state index contributed by atoms with van der Waals surface area (Å²) in [5.41, 5.74) is 5.97. The van der Waals surface area contributed by atoms with Crippen molar-refractivity contribution in [1.29, 1.82) is 0 Å². The maximum Gasteiger partial charge on any atom is 0.405 e. The molecule has 2 amide bonds. The van der Waals surface area contributed by atoms with E-state index in [1.807, 2.05) is 0 Å². The minimum Gasteiger partial charge on any atom is -0.439 e. The molecule has 6 nitrogen and oxygen atoms in total. The first-order valence-corrected chi connectivity index (χ1v) is 6.85. The van der Waals surface area contributed by atoms with Crippen LogP contribution in [0.5, 0.6) is 0 Å². The van der Waals surface area contributed by atoms with Crippen LogP contribution in [-0.2, 0) is 16.0 Å². The molecule has 2 rings (SSSR count). The van der Waals surface area contributed by atoms with Crippen LogP contribution in [0.3, 0.4) is 0 Å². The van der Waals surface area contributed by atoms with E-state index < -0.39 is 12.2 Å². The van der Waals surface area contributed by atoms with Crippen LogP contribution in [0.25, 0.3) is 0 Å². The Balaban J connectivity index is 2.06. The van der Waals surface area contributed by atoms with E-state index in [-0.39, 0.29) is 24.2 Å². The molecular formula is C15H18N2O4. The fourth-order valence-corrected chi connectivity index (χ4v) is 1.96. The van der Waals surface area contributed by atoms with E-state index in [0.717, 1.165) is 12.8 Å². The van der Waals surface area contributed by atoms with Crippen molar-refractivity contribution >= 4 is 17.8 Å². The maximum atomic E-state index is 12.1. The fraction of sp³-hybridized carbons (Fsp3) is 0.400. The Morgan fingerprint density at radius 1 is 1.33 bits per heavy atom. The fourth-order valence-electron chi connectivity index (χ4n) is 1.96. The highest BCUT2D eigenvalue weighted by Gasteiger charge is 2.25. The van der Waals surface area contributed by atoms with Crippen LogP contribution in [0.2, 0.25) is 0 Å². The van der Waals surface area contributed by atoms with Gasteiger partial charge in [0.1, 0.15) is 0 Å². The molecular weight excluding hydrogens is 272 g/mol. The molecule has 0 radical (unpaired) electrons. The molecule has 0 heterocycles. The highest BCUT2D eigenvalue weighted by Crippen LogP contribution is 2.20. The third-order valence-electron chi connectivity index (χ3n) is 3.29. The number of ketones is 1. The Bertz CT molecular complexity index is 567. The van der Waals surface area contributed by atoms with Gasteiger partial charge in [-0.15, -0.1) is 0 Å². The molecule has 21 heavy (non-hydrogen) atoms. The lowest BCUT2D eigenvalue weighted by molar-refractivity contribution is -0.125. The normalized spacial score (nSPS) is 15.1. The molecule has 6 heteroatoms. The van der Waals surface area contributed by atoms with Crippen LogP contribution in [0, 0.1) is 0 Å². The van der Waals surface area contributed by atoms with Crippen LogP contribution in [0.1, 0.15) is 35.7 Å². The van der Waals surface area contributed by atoms with Gasteiger partial charge in [0.15, 0.2) is 11.9 Å². The van der Waals surface area contributed by atoms with Crippen molar-refractivity contribution in [1.82, 2.24) is 5.32 Å². The standard InChI is InChI=1S/C15H18N2O4/c1-9(21-15(16)20)13(18)8-10-4-2-3-5-12(10)14(19)17-11-6-7-11/h2-5,9,11H,6-8H2,1H3,(H2,16,20)(H,17,19). The number of nitrogens with one attached hydrogen (secondary N) is 1. The summed E-state index contributed by atoms with van der Waals surface area (Å²) in [6, 6.07) is 7.16. The number of nitrogens with two attached hydrogens (primary N) is 1. The third kappa shape index (κ3) is 4.30. The SMILES string of the molecule is CC(OC(N)=O)C(=O)Cc1ccccc1C(=O)NC1CC1. The number of amides is 2.